The van der Waals surface area contributed by atoms with Gasteiger partial charge in [-0.2, -0.15) is 0 Å². The van der Waals surface area contributed by atoms with Crippen molar-refractivity contribution in [2.24, 2.45) is 0 Å². The molecule has 0 saturated heterocycles. The number of ether oxygens (including phenoxy) is 1. The number of benzene rings is 1. The second-order valence-corrected chi connectivity index (χ2v) is 6.08. The molecule has 0 radical (unpaired) electrons. The number of hydrogen-bond acceptors (Lipinski definition) is 2. The highest BCUT2D eigenvalue weighted by Gasteiger charge is 2.07. The van der Waals surface area contributed by atoms with Gasteiger partial charge in [0.1, 0.15) is 5.82 Å². The fourth-order valence-corrected chi connectivity index (χ4v) is 1.97. The predicted molar refractivity (Wildman–Crippen MR) is 78.2 cm³/mol. The van der Waals surface area contributed by atoms with Crippen LogP contribution in [-0.2, 0) is 11.2 Å². The third kappa shape index (κ3) is 6.17. The van der Waals surface area contributed by atoms with Crippen LogP contribution in [-0.4, -0.2) is 25.3 Å². The standard InChI is InChI=1S/C16H26FNO/c1-12-10-14(11-13(2)15(12)17)6-8-19-9-7-18-16(3,4)5/h10-11,18H,6-9H2,1-5H3. The van der Waals surface area contributed by atoms with Crippen LogP contribution in [0.3, 0.4) is 0 Å². The molecular weight excluding hydrogens is 241 g/mol. The first-order valence-corrected chi connectivity index (χ1v) is 6.88. The highest BCUT2D eigenvalue weighted by atomic mass is 19.1. The summed E-state index contributed by atoms with van der Waals surface area (Å²) >= 11 is 0. The quantitative estimate of drug-likeness (QED) is 0.798. The van der Waals surface area contributed by atoms with Gasteiger partial charge in [0, 0.05) is 12.1 Å². The Morgan fingerprint density at radius 2 is 1.68 bits per heavy atom. The number of rotatable bonds is 6. The molecule has 0 fully saturated rings. The summed E-state index contributed by atoms with van der Waals surface area (Å²) in [5.41, 5.74) is 2.70. The summed E-state index contributed by atoms with van der Waals surface area (Å²) in [7, 11) is 0. The summed E-state index contributed by atoms with van der Waals surface area (Å²) in [4.78, 5) is 0. The molecule has 0 aromatic heterocycles. The minimum atomic E-state index is -0.0981. The normalized spacial score (nSPS) is 11.9. The molecule has 0 aliphatic heterocycles. The van der Waals surface area contributed by atoms with E-state index in [2.05, 4.69) is 26.1 Å². The maximum absolute atomic E-state index is 13.5. The molecule has 0 atom stereocenters. The van der Waals surface area contributed by atoms with Gasteiger partial charge in [0.2, 0.25) is 0 Å². The summed E-state index contributed by atoms with van der Waals surface area (Å²) in [6, 6.07) is 3.80. The molecule has 0 aliphatic rings. The number of nitrogens with one attached hydrogen (secondary N) is 1. The molecule has 0 amide bonds. The van der Waals surface area contributed by atoms with Gasteiger partial charge < -0.3 is 10.1 Å². The van der Waals surface area contributed by atoms with Crippen molar-refractivity contribution in [3.8, 4) is 0 Å². The summed E-state index contributed by atoms with van der Waals surface area (Å²) in [5, 5.41) is 3.37. The van der Waals surface area contributed by atoms with Crippen LogP contribution in [0.25, 0.3) is 0 Å². The van der Waals surface area contributed by atoms with Crippen molar-refractivity contribution in [3.63, 3.8) is 0 Å². The molecule has 1 rings (SSSR count). The van der Waals surface area contributed by atoms with Gasteiger partial charge in [0.15, 0.2) is 0 Å². The van der Waals surface area contributed by atoms with Crippen LogP contribution in [0.1, 0.15) is 37.5 Å². The van der Waals surface area contributed by atoms with Gasteiger partial charge in [0.05, 0.1) is 13.2 Å². The molecule has 1 aromatic carbocycles. The van der Waals surface area contributed by atoms with E-state index in [1.54, 1.807) is 13.8 Å². The minimum absolute atomic E-state index is 0.0981. The van der Waals surface area contributed by atoms with Gasteiger partial charge in [0.25, 0.3) is 0 Å². The topological polar surface area (TPSA) is 21.3 Å². The zero-order chi connectivity index (χ0) is 14.5. The zero-order valence-electron chi connectivity index (χ0n) is 12.8. The Balaban J connectivity index is 2.27. The lowest BCUT2D eigenvalue weighted by Crippen LogP contribution is -2.38. The van der Waals surface area contributed by atoms with E-state index in [1.165, 1.54) is 0 Å². The van der Waals surface area contributed by atoms with Crippen LogP contribution in [0.15, 0.2) is 12.1 Å². The van der Waals surface area contributed by atoms with Crippen LogP contribution in [0.4, 0.5) is 4.39 Å². The second-order valence-electron chi connectivity index (χ2n) is 6.08. The molecule has 2 nitrogen and oxygen atoms in total. The van der Waals surface area contributed by atoms with Crippen LogP contribution in [0, 0.1) is 19.7 Å². The van der Waals surface area contributed by atoms with E-state index >= 15 is 0 Å². The molecule has 1 aromatic rings. The molecular formula is C16H26FNO. The van der Waals surface area contributed by atoms with E-state index in [4.69, 9.17) is 4.74 Å². The maximum atomic E-state index is 13.5. The Bertz CT molecular complexity index is 387. The van der Waals surface area contributed by atoms with Crippen molar-refractivity contribution in [1.82, 2.24) is 5.32 Å². The Labute approximate surface area is 116 Å². The summed E-state index contributed by atoms with van der Waals surface area (Å²) in [6.45, 7) is 12.3. The average molecular weight is 267 g/mol. The van der Waals surface area contributed by atoms with E-state index in [1.807, 2.05) is 12.1 Å². The Kier molecular flexibility index (Phi) is 5.95. The molecule has 0 heterocycles. The lowest BCUT2D eigenvalue weighted by Gasteiger charge is -2.20. The summed E-state index contributed by atoms with van der Waals surface area (Å²) < 4.78 is 19.1. The third-order valence-corrected chi connectivity index (χ3v) is 2.93. The molecule has 1 N–H and O–H groups in total. The zero-order valence-corrected chi connectivity index (χ0v) is 12.8. The Morgan fingerprint density at radius 1 is 1.11 bits per heavy atom. The molecule has 108 valence electrons. The number of hydrogen-bond donors (Lipinski definition) is 1. The van der Waals surface area contributed by atoms with Gasteiger partial charge in [-0.25, -0.2) is 4.39 Å². The first-order valence-electron chi connectivity index (χ1n) is 6.88. The van der Waals surface area contributed by atoms with Gasteiger partial charge >= 0.3 is 0 Å². The minimum Gasteiger partial charge on any atom is -0.380 e. The average Bonchev–Trinajstić information content (AvgIpc) is 2.29. The van der Waals surface area contributed by atoms with E-state index in [-0.39, 0.29) is 11.4 Å². The van der Waals surface area contributed by atoms with E-state index in [0.29, 0.717) is 24.3 Å². The molecule has 0 bridgehead atoms. The van der Waals surface area contributed by atoms with Crippen LogP contribution in [0.5, 0.6) is 0 Å². The van der Waals surface area contributed by atoms with Crippen molar-refractivity contribution < 1.29 is 9.13 Å². The van der Waals surface area contributed by atoms with Crippen molar-refractivity contribution >= 4 is 0 Å². The van der Waals surface area contributed by atoms with E-state index in [0.717, 1.165) is 18.5 Å². The lowest BCUT2D eigenvalue weighted by molar-refractivity contribution is 0.133. The van der Waals surface area contributed by atoms with Crippen molar-refractivity contribution in [1.29, 1.82) is 0 Å². The highest BCUT2D eigenvalue weighted by molar-refractivity contribution is 5.30. The van der Waals surface area contributed by atoms with Crippen molar-refractivity contribution in [2.75, 3.05) is 19.8 Å². The van der Waals surface area contributed by atoms with E-state index in [9.17, 15) is 4.39 Å². The molecule has 0 aliphatic carbocycles. The van der Waals surface area contributed by atoms with Gasteiger partial charge in [-0.05, 0) is 57.7 Å². The largest absolute Gasteiger partial charge is 0.380 e. The van der Waals surface area contributed by atoms with Crippen molar-refractivity contribution in [3.05, 3.63) is 34.6 Å². The monoisotopic (exact) mass is 267 g/mol. The fourth-order valence-electron chi connectivity index (χ4n) is 1.97. The van der Waals surface area contributed by atoms with Crippen LogP contribution in [0.2, 0.25) is 0 Å². The molecule has 0 unspecified atom stereocenters. The highest BCUT2D eigenvalue weighted by Crippen LogP contribution is 2.15. The van der Waals surface area contributed by atoms with Gasteiger partial charge in [-0.15, -0.1) is 0 Å². The van der Waals surface area contributed by atoms with E-state index < -0.39 is 0 Å². The predicted octanol–water partition coefficient (Wildman–Crippen LogP) is 3.39. The summed E-state index contributed by atoms with van der Waals surface area (Å²) in [5.74, 6) is -0.0981. The van der Waals surface area contributed by atoms with Gasteiger partial charge in [-0.3, -0.25) is 0 Å². The third-order valence-electron chi connectivity index (χ3n) is 2.93. The fraction of sp³-hybridized carbons (Fsp3) is 0.625. The maximum Gasteiger partial charge on any atom is 0.129 e. The first kappa shape index (κ1) is 16.1. The van der Waals surface area contributed by atoms with Crippen molar-refractivity contribution in [2.45, 2.75) is 46.6 Å². The number of halogens is 1. The second kappa shape index (κ2) is 7.01. The van der Waals surface area contributed by atoms with Crippen LogP contribution < -0.4 is 5.32 Å². The molecule has 3 heteroatoms. The summed E-state index contributed by atoms with van der Waals surface area (Å²) in [6.07, 6.45) is 0.831. The first-order chi connectivity index (χ1) is 8.79. The Morgan fingerprint density at radius 3 is 2.21 bits per heavy atom. The SMILES string of the molecule is Cc1cc(CCOCCNC(C)(C)C)cc(C)c1F. The Hall–Kier alpha value is -0.930. The van der Waals surface area contributed by atoms with Gasteiger partial charge in [-0.1, -0.05) is 12.1 Å². The van der Waals surface area contributed by atoms with Crippen LogP contribution >= 0.6 is 0 Å². The number of aryl methyl sites for hydroxylation is 2. The molecule has 0 saturated carbocycles. The smallest absolute Gasteiger partial charge is 0.129 e. The molecule has 0 spiro atoms. The molecule has 19 heavy (non-hydrogen) atoms. The lowest BCUT2D eigenvalue weighted by atomic mass is 10.0.